The van der Waals surface area contributed by atoms with Gasteiger partial charge in [0.1, 0.15) is 0 Å². The molecule has 0 unspecified atom stereocenters. The van der Waals surface area contributed by atoms with Gasteiger partial charge in [-0.1, -0.05) is 28.1 Å². The van der Waals surface area contributed by atoms with Gasteiger partial charge in [0.05, 0.1) is 11.0 Å². The van der Waals surface area contributed by atoms with Crippen LogP contribution in [0.1, 0.15) is 0 Å². The molecule has 3 aromatic rings. The van der Waals surface area contributed by atoms with Crippen molar-refractivity contribution in [3.63, 3.8) is 0 Å². The van der Waals surface area contributed by atoms with Crippen molar-refractivity contribution in [3.05, 3.63) is 47.2 Å². The Hall–Kier alpha value is -1.52. The van der Waals surface area contributed by atoms with Crippen LogP contribution in [0.2, 0.25) is 0 Å². The lowest BCUT2D eigenvalue weighted by Gasteiger charge is -2.03. The lowest BCUT2D eigenvalue weighted by atomic mass is 10.1. The Labute approximate surface area is 101 Å². The molecule has 16 heavy (non-hydrogen) atoms. The predicted molar refractivity (Wildman–Crippen MR) is 68.4 cm³/mol. The maximum atomic E-state index is 4.38. The van der Waals surface area contributed by atoms with E-state index in [4.69, 9.17) is 0 Å². The standard InChI is InChI=1S/C12H7BrN2.H2O/c13-10-7-8-3-1-5-14-11(8)12-9(10)4-2-6-15-12;/h1-7H;1H2. The average Bonchev–Trinajstić information content (AvgIpc) is 2.30. The maximum absolute atomic E-state index is 4.38. The van der Waals surface area contributed by atoms with Gasteiger partial charge in [-0.15, -0.1) is 0 Å². The summed E-state index contributed by atoms with van der Waals surface area (Å²) < 4.78 is 1.06. The topological polar surface area (TPSA) is 57.3 Å². The minimum absolute atomic E-state index is 0. The summed E-state index contributed by atoms with van der Waals surface area (Å²) in [7, 11) is 0. The van der Waals surface area contributed by atoms with Crippen molar-refractivity contribution < 1.29 is 5.48 Å². The molecule has 0 amide bonds. The Morgan fingerprint density at radius 1 is 0.938 bits per heavy atom. The third kappa shape index (κ3) is 1.56. The van der Waals surface area contributed by atoms with Crippen molar-refractivity contribution in [2.45, 2.75) is 0 Å². The summed E-state index contributed by atoms with van der Waals surface area (Å²) in [4.78, 5) is 8.74. The Morgan fingerprint density at radius 3 is 2.44 bits per heavy atom. The zero-order valence-corrected chi connectivity index (χ0v) is 9.90. The number of halogens is 1. The van der Waals surface area contributed by atoms with Crippen LogP contribution < -0.4 is 0 Å². The van der Waals surface area contributed by atoms with E-state index in [2.05, 4.69) is 32.0 Å². The summed E-state index contributed by atoms with van der Waals surface area (Å²) in [5.74, 6) is 0. The van der Waals surface area contributed by atoms with E-state index in [1.165, 1.54) is 0 Å². The predicted octanol–water partition coefficient (Wildman–Crippen LogP) is 2.72. The molecule has 0 atom stereocenters. The summed E-state index contributed by atoms with van der Waals surface area (Å²) in [5.41, 5.74) is 1.90. The van der Waals surface area contributed by atoms with Crippen LogP contribution in [0, 0.1) is 0 Å². The van der Waals surface area contributed by atoms with Gasteiger partial charge in [-0.3, -0.25) is 9.97 Å². The molecule has 2 aromatic heterocycles. The molecule has 4 heteroatoms. The SMILES string of the molecule is Brc1cc2cccnc2c2ncccc12.O. The van der Waals surface area contributed by atoms with Gasteiger partial charge in [0.25, 0.3) is 0 Å². The number of fused-ring (bicyclic) bond motifs is 3. The zero-order valence-electron chi connectivity index (χ0n) is 8.31. The summed E-state index contributed by atoms with van der Waals surface area (Å²) >= 11 is 3.55. The fraction of sp³-hybridized carbons (Fsp3) is 0. The minimum Gasteiger partial charge on any atom is -0.412 e. The first-order valence-corrected chi connectivity index (χ1v) is 5.43. The second-order valence-corrected chi connectivity index (χ2v) is 4.19. The number of nitrogens with zero attached hydrogens (tertiary/aromatic N) is 2. The Balaban J connectivity index is 0.000000963. The monoisotopic (exact) mass is 276 g/mol. The molecule has 0 fully saturated rings. The van der Waals surface area contributed by atoms with Crippen LogP contribution in [0.3, 0.4) is 0 Å². The Kier molecular flexibility index (Phi) is 2.85. The molecule has 2 heterocycles. The Morgan fingerprint density at radius 2 is 1.62 bits per heavy atom. The molecule has 0 aliphatic rings. The van der Waals surface area contributed by atoms with Gasteiger partial charge >= 0.3 is 0 Å². The van der Waals surface area contributed by atoms with Gasteiger partial charge in [-0.05, 0) is 18.2 Å². The first-order chi connectivity index (χ1) is 7.36. The molecule has 0 bridgehead atoms. The molecule has 3 rings (SSSR count). The van der Waals surface area contributed by atoms with Gasteiger partial charge < -0.3 is 5.48 Å². The van der Waals surface area contributed by atoms with Crippen molar-refractivity contribution in [1.82, 2.24) is 9.97 Å². The largest absolute Gasteiger partial charge is 0.412 e. The molecule has 2 N–H and O–H groups in total. The molecular formula is C12H9BrN2O. The fourth-order valence-corrected chi connectivity index (χ4v) is 2.30. The lowest BCUT2D eigenvalue weighted by Crippen LogP contribution is -1.85. The van der Waals surface area contributed by atoms with E-state index in [0.29, 0.717) is 0 Å². The number of aromatic nitrogens is 2. The second-order valence-electron chi connectivity index (χ2n) is 3.33. The molecule has 0 saturated heterocycles. The summed E-state index contributed by atoms with van der Waals surface area (Å²) in [6, 6.07) is 10.0. The summed E-state index contributed by atoms with van der Waals surface area (Å²) in [6.07, 6.45) is 3.59. The van der Waals surface area contributed by atoms with Gasteiger partial charge in [0, 0.05) is 27.6 Å². The molecular weight excluding hydrogens is 268 g/mol. The van der Waals surface area contributed by atoms with Gasteiger partial charge in [-0.25, -0.2) is 0 Å². The van der Waals surface area contributed by atoms with E-state index in [-0.39, 0.29) is 5.48 Å². The number of benzene rings is 1. The van der Waals surface area contributed by atoms with E-state index in [1.54, 1.807) is 12.4 Å². The van der Waals surface area contributed by atoms with E-state index in [9.17, 15) is 0 Å². The quantitative estimate of drug-likeness (QED) is 0.593. The van der Waals surface area contributed by atoms with E-state index < -0.39 is 0 Å². The van der Waals surface area contributed by atoms with E-state index in [0.717, 1.165) is 26.3 Å². The van der Waals surface area contributed by atoms with Gasteiger partial charge in [-0.2, -0.15) is 0 Å². The third-order valence-corrected chi connectivity index (χ3v) is 3.07. The van der Waals surface area contributed by atoms with Crippen LogP contribution in [0.25, 0.3) is 21.8 Å². The highest BCUT2D eigenvalue weighted by Crippen LogP contribution is 2.28. The van der Waals surface area contributed by atoms with E-state index in [1.807, 2.05) is 24.3 Å². The summed E-state index contributed by atoms with van der Waals surface area (Å²) in [5, 5.41) is 2.21. The maximum Gasteiger partial charge on any atom is 0.0975 e. The smallest absolute Gasteiger partial charge is 0.0975 e. The van der Waals surface area contributed by atoms with Crippen molar-refractivity contribution in [2.24, 2.45) is 0 Å². The summed E-state index contributed by atoms with van der Waals surface area (Å²) in [6.45, 7) is 0. The van der Waals surface area contributed by atoms with Crippen molar-refractivity contribution >= 4 is 37.7 Å². The number of hydrogen-bond donors (Lipinski definition) is 0. The highest BCUT2D eigenvalue weighted by Gasteiger charge is 2.05. The van der Waals surface area contributed by atoms with Gasteiger partial charge in [0.2, 0.25) is 0 Å². The highest BCUT2D eigenvalue weighted by molar-refractivity contribution is 9.10. The first-order valence-electron chi connectivity index (χ1n) is 4.64. The third-order valence-electron chi connectivity index (χ3n) is 2.41. The normalized spacial score (nSPS) is 10.3. The van der Waals surface area contributed by atoms with Crippen molar-refractivity contribution in [3.8, 4) is 0 Å². The molecule has 0 saturated carbocycles. The minimum atomic E-state index is 0. The first kappa shape index (κ1) is 11.0. The van der Waals surface area contributed by atoms with Crippen LogP contribution >= 0.6 is 15.9 Å². The fourth-order valence-electron chi connectivity index (χ4n) is 1.73. The number of rotatable bonds is 0. The number of hydrogen-bond acceptors (Lipinski definition) is 2. The molecule has 80 valence electrons. The average molecular weight is 277 g/mol. The van der Waals surface area contributed by atoms with Gasteiger partial charge in [0.15, 0.2) is 0 Å². The lowest BCUT2D eigenvalue weighted by molar-refractivity contribution is 0.824. The van der Waals surface area contributed by atoms with E-state index >= 15 is 0 Å². The molecule has 0 spiro atoms. The van der Waals surface area contributed by atoms with Crippen LogP contribution in [0.4, 0.5) is 0 Å². The highest BCUT2D eigenvalue weighted by atomic mass is 79.9. The number of pyridine rings is 2. The molecule has 0 radical (unpaired) electrons. The van der Waals surface area contributed by atoms with Crippen LogP contribution in [-0.2, 0) is 0 Å². The zero-order chi connectivity index (χ0) is 10.3. The van der Waals surface area contributed by atoms with Crippen molar-refractivity contribution in [2.75, 3.05) is 0 Å². The molecule has 0 aliphatic carbocycles. The second kappa shape index (κ2) is 4.15. The van der Waals surface area contributed by atoms with Crippen LogP contribution in [-0.4, -0.2) is 15.4 Å². The molecule has 0 aliphatic heterocycles. The Bertz CT molecular complexity index is 655. The van der Waals surface area contributed by atoms with Crippen molar-refractivity contribution in [1.29, 1.82) is 0 Å². The molecule has 3 nitrogen and oxygen atoms in total. The van der Waals surface area contributed by atoms with Crippen LogP contribution in [0.15, 0.2) is 47.2 Å². The van der Waals surface area contributed by atoms with Crippen LogP contribution in [0.5, 0.6) is 0 Å². The molecule has 1 aromatic carbocycles.